The second-order valence-corrected chi connectivity index (χ2v) is 5.70. The topological polar surface area (TPSA) is 90.7 Å². The van der Waals surface area contributed by atoms with Gasteiger partial charge in [0.25, 0.3) is 11.6 Å². The number of nitrogens with one attached hydrogen (secondary N) is 1. The average Bonchev–Trinajstić information content (AvgIpc) is 2.55. The molecule has 0 atom stereocenters. The molecular weight excluding hydrogens is 324 g/mol. The lowest BCUT2D eigenvalue weighted by Gasteiger charge is -2.14. The van der Waals surface area contributed by atoms with Gasteiger partial charge < -0.3 is 14.8 Å². The zero-order chi connectivity index (χ0) is 18.6. The van der Waals surface area contributed by atoms with E-state index in [0.717, 1.165) is 22.4 Å². The molecule has 0 bridgehead atoms. The maximum atomic E-state index is 12.2. The van der Waals surface area contributed by atoms with Crippen LogP contribution in [-0.4, -0.2) is 24.5 Å². The van der Waals surface area contributed by atoms with Crippen LogP contribution in [0.5, 0.6) is 11.5 Å². The second-order valence-electron chi connectivity index (χ2n) is 5.70. The van der Waals surface area contributed by atoms with Gasteiger partial charge in [0.1, 0.15) is 0 Å². The van der Waals surface area contributed by atoms with Gasteiger partial charge in [-0.15, -0.1) is 0 Å². The molecule has 0 aliphatic heterocycles. The normalized spacial score (nSPS) is 10.2. The molecule has 2 aromatic rings. The summed E-state index contributed by atoms with van der Waals surface area (Å²) in [5, 5.41) is 13.7. The Morgan fingerprint density at radius 2 is 1.76 bits per heavy atom. The minimum atomic E-state index is -0.536. The molecule has 25 heavy (non-hydrogen) atoms. The van der Waals surface area contributed by atoms with Crippen LogP contribution >= 0.6 is 0 Å². The molecule has 0 heterocycles. The number of methoxy groups -OCH3 is 1. The summed E-state index contributed by atoms with van der Waals surface area (Å²) in [4.78, 5) is 22.5. The highest BCUT2D eigenvalue weighted by Gasteiger charge is 2.15. The van der Waals surface area contributed by atoms with Gasteiger partial charge in [-0.25, -0.2) is 0 Å². The number of anilines is 1. The lowest BCUT2D eigenvalue weighted by atomic mass is 10.1. The quantitative estimate of drug-likeness (QED) is 0.639. The number of hydrogen-bond acceptors (Lipinski definition) is 5. The Morgan fingerprint density at radius 3 is 2.32 bits per heavy atom. The third-order valence-corrected chi connectivity index (χ3v) is 3.66. The van der Waals surface area contributed by atoms with Crippen molar-refractivity contribution in [1.29, 1.82) is 0 Å². The highest BCUT2D eigenvalue weighted by Crippen LogP contribution is 2.31. The fourth-order valence-corrected chi connectivity index (χ4v) is 2.59. The number of rotatable bonds is 6. The maximum Gasteiger partial charge on any atom is 0.273 e. The molecular formula is C18H20N2O5. The second kappa shape index (κ2) is 7.65. The van der Waals surface area contributed by atoms with Crippen molar-refractivity contribution >= 4 is 17.3 Å². The van der Waals surface area contributed by atoms with Crippen LogP contribution in [0, 0.1) is 30.9 Å². The predicted octanol–water partition coefficient (Wildman–Crippen LogP) is 3.55. The van der Waals surface area contributed by atoms with Gasteiger partial charge in [0.15, 0.2) is 18.1 Å². The number of nitrogens with zero attached hydrogens (tertiary/aromatic N) is 1. The van der Waals surface area contributed by atoms with E-state index in [2.05, 4.69) is 5.32 Å². The zero-order valence-corrected chi connectivity index (χ0v) is 14.6. The van der Waals surface area contributed by atoms with E-state index in [1.54, 1.807) is 0 Å². The van der Waals surface area contributed by atoms with Gasteiger partial charge in [-0.05, 0) is 38.0 Å². The fraction of sp³-hybridized carbons (Fsp3) is 0.278. The first-order valence-corrected chi connectivity index (χ1v) is 7.64. The van der Waals surface area contributed by atoms with E-state index in [-0.39, 0.29) is 24.0 Å². The number of ether oxygens (including phenoxy) is 2. The lowest BCUT2D eigenvalue weighted by Crippen LogP contribution is -2.21. The van der Waals surface area contributed by atoms with Crippen molar-refractivity contribution in [2.24, 2.45) is 0 Å². The minimum absolute atomic E-state index is 0.138. The monoisotopic (exact) mass is 344 g/mol. The van der Waals surface area contributed by atoms with Gasteiger partial charge in [0.2, 0.25) is 0 Å². The standard InChI is InChI=1S/C18H20N2O5/c1-11-7-12(2)18(13(3)8-11)19-17(21)10-25-16-9-14(20(22)23)5-6-15(16)24-4/h5-9H,10H2,1-4H3,(H,19,21). The van der Waals surface area contributed by atoms with Crippen molar-refractivity contribution in [1.82, 2.24) is 0 Å². The van der Waals surface area contributed by atoms with Crippen molar-refractivity contribution < 1.29 is 19.2 Å². The largest absolute Gasteiger partial charge is 0.493 e. The van der Waals surface area contributed by atoms with Crippen molar-refractivity contribution in [2.45, 2.75) is 20.8 Å². The summed E-state index contributed by atoms with van der Waals surface area (Å²) in [6, 6.07) is 7.93. The molecule has 0 radical (unpaired) electrons. The summed E-state index contributed by atoms with van der Waals surface area (Å²) >= 11 is 0. The Hall–Kier alpha value is -3.09. The molecule has 132 valence electrons. The number of nitro groups is 1. The maximum absolute atomic E-state index is 12.2. The van der Waals surface area contributed by atoms with Crippen molar-refractivity contribution in [3.63, 3.8) is 0 Å². The van der Waals surface area contributed by atoms with Crippen LogP contribution in [0.25, 0.3) is 0 Å². The SMILES string of the molecule is COc1ccc([N+](=O)[O-])cc1OCC(=O)Nc1c(C)cc(C)cc1C. The number of carbonyl (C=O) groups is 1. The van der Waals surface area contributed by atoms with Gasteiger partial charge in [0, 0.05) is 11.8 Å². The molecule has 0 spiro atoms. The first-order valence-electron chi connectivity index (χ1n) is 7.64. The number of nitro benzene ring substituents is 1. The van der Waals surface area contributed by atoms with Crippen molar-refractivity contribution in [3.8, 4) is 11.5 Å². The first kappa shape index (κ1) is 18.3. The van der Waals surface area contributed by atoms with Gasteiger partial charge in [-0.1, -0.05) is 17.7 Å². The van der Waals surface area contributed by atoms with E-state index in [1.807, 2.05) is 32.9 Å². The molecule has 7 heteroatoms. The van der Waals surface area contributed by atoms with Gasteiger partial charge in [-0.2, -0.15) is 0 Å². The average molecular weight is 344 g/mol. The first-order chi connectivity index (χ1) is 11.8. The third-order valence-electron chi connectivity index (χ3n) is 3.66. The fourth-order valence-electron chi connectivity index (χ4n) is 2.59. The van der Waals surface area contributed by atoms with Crippen LogP contribution in [0.4, 0.5) is 11.4 Å². The summed E-state index contributed by atoms with van der Waals surface area (Å²) in [7, 11) is 1.42. The molecule has 0 fully saturated rings. The number of amides is 1. The molecule has 2 rings (SSSR count). The Kier molecular flexibility index (Phi) is 5.59. The number of hydrogen-bond donors (Lipinski definition) is 1. The Morgan fingerprint density at radius 1 is 1.12 bits per heavy atom. The van der Waals surface area contributed by atoms with Crippen LogP contribution < -0.4 is 14.8 Å². The number of non-ortho nitro benzene ring substituents is 1. The molecule has 0 aliphatic rings. The summed E-state index contributed by atoms with van der Waals surface area (Å²) in [6.45, 7) is 5.54. The third kappa shape index (κ3) is 4.47. The van der Waals surface area contributed by atoms with Crippen LogP contribution in [0.2, 0.25) is 0 Å². The van der Waals surface area contributed by atoms with E-state index in [9.17, 15) is 14.9 Å². The predicted molar refractivity (Wildman–Crippen MR) is 94.4 cm³/mol. The minimum Gasteiger partial charge on any atom is -0.493 e. The summed E-state index contributed by atoms with van der Waals surface area (Å²) < 4.78 is 10.5. The number of benzene rings is 2. The summed E-state index contributed by atoms with van der Waals surface area (Å²) in [5.74, 6) is 0.105. The summed E-state index contributed by atoms with van der Waals surface area (Å²) in [5.41, 5.74) is 3.63. The molecule has 1 N–H and O–H groups in total. The van der Waals surface area contributed by atoms with E-state index in [1.165, 1.54) is 25.3 Å². The van der Waals surface area contributed by atoms with E-state index in [4.69, 9.17) is 9.47 Å². The molecule has 7 nitrogen and oxygen atoms in total. The van der Waals surface area contributed by atoms with E-state index < -0.39 is 4.92 Å². The van der Waals surface area contributed by atoms with Gasteiger partial charge in [-0.3, -0.25) is 14.9 Å². The highest BCUT2D eigenvalue weighted by atomic mass is 16.6. The lowest BCUT2D eigenvalue weighted by molar-refractivity contribution is -0.385. The number of aryl methyl sites for hydroxylation is 3. The van der Waals surface area contributed by atoms with Gasteiger partial charge in [0.05, 0.1) is 18.1 Å². The van der Waals surface area contributed by atoms with Crippen molar-refractivity contribution in [2.75, 3.05) is 19.0 Å². The van der Waals surface area contributed by atoms with E-state index in [0.29, 0.717) is 5.75 Å². The van der Waals surface area contributed by atoms with E-state index >= 15 is 0 Å². The Labute approximate surface area is 145 Å². The van der Waals surface area contributed by atoms with Gasteiger partial charge >= 0.3 is 0 Å². The molecule has 0 saturated carbocycles. The molecule has 0 saturated heterocycles. The molecule has 0 aliphatic carbocycles. The Balaban J connectivity index is 2.10. The molecule has 2 aromatic carbocycles. The molecule has 1 amide bonds. The van der Waals surface area contributed by atoms with Crippen LogP contribution in [-0.2, 0) is 4.79 Å². The highest BCUT2D eigenvalue weighted by molar-refractivity contribution is 5.93. The number of carbonyl (C=O) groups excluding carboxylic acids is 1. The van der Waals surface area contributed by atoms with Crippen LogP contribution in [0.3, 0.4) is 0 Å². The Bertz CT molecular complexity index is 794. The van der Waals surface area contributed by atoms with Crippen LogP contribution in [0.1, 0.15) is 16.7 Å². The molecule has 0 aromatic heterocycles. The molecule has 0 unspecified atom stereocenters. The van der Waals surface area contributed by atoms with Crippen LogP contribution in [0.15, 0.2) is 30.3 Å². The van der Waals surface area contributed by atoms with Crippen molar-refractivity contribution in [3.05, 3.63) is 57.1 Å². The zero-order valence-electron chi connectivity index (χ0n) is 14.6. The summed E-state index contributed by atoms with van der Waals surface area (Å²) in [6.07, 6.45) is 0. The smallest absolute Gasteiger partial charge is 0.273 e.